The molecule has 0 aliphatic rings. The van der Waals surface area contributed by atoms with E-state index in [2.05, 4.69) is 15.9 Å². The second-order valence-electron chi connectivity index (χ2n) is 3.99. The Morgan fingerprint density at radius 2 is 1.89 bits per heavy atom. The van der Waals surface area contributed by atoms with Gasteiger partial charge in [0.25, 0.3) is 0 Å². The summed E-state index contributed by atoms with van der Waals surface area (Å²) < 4.78 is 6.42. The molecule has 0 saturated heterocycles. The summed E-state index contributed by atoms with van der Waals surface area (Å²) in [5.41, 5.74) is 6.84. The molecule has 0 radical (unpaired) electrons. The minimum absolute atomic E-state index is 0.0362. The first-order valence-corrected chi connectivity index (χ1v) is 6.68. The number of anilines is 1. The average Bonchev–Trinajstić information content (AvgIpc) is 2.34. The van der Waals surface area contributed by atoms with Crippen molar-refractivity contribution in [3.63, 3.8) is 0 Å². The standard InChI is InChI=1S/C14H11BrClNO2/c1-8(18)9-2-4-14(12(17)6-9)19-13-5-3-10(16)7-11(13)15/h2-7H,17H2,1H3. The number of ether oxygens (including phenoxy) is 1. The summed E-state index contributed by atoms with van der Waals surface area (Å²) in [4.78, 5) is 11.2. The van der Waals surface area contributed by atoms with Gasteiger partial charge in [0, 0.05) is 10.6 Å². The summed E-state index contributed by atoms with van der Waals surface area (Å²) in [6.45, 7) is 1.49. The lowest BCUT2D eigenvalue weighted by molar-refractivity contribution is 0.101. The number of ketones is 1. The highest BCUT2D eigenvalue weighted by atomic mass is 79.9. The molecule has 0 fully saturated rings. The molecule has 2 rings (SSSR count). The molecule has 98 valence electrons. The maximum atomic E-state index is 11.2. The van der Waals surface area contributed by atoms with E-state index >= 15 is 0 Å². The second kappa shape index (κ2) is 5.63. The van der Waals surface area contributed by atoms with Crippen LogP contribution in [0.15, 0.2) is 40.9 Å². The van der Waals surface area contributed by atoms with Crippen LogP contribution in [0.25, 0.3) is 0 Å². The van der Waals surface area contributed by atoms with Crippen LogP contribution in [0.3, 0.4) is 0 Å². The fraction of sp³-hybridized carbons (Fsp3) is 0.0714. The third-order valence-electron chi connectivity index (χ3n) is 2.53. The Hall–Kier alpha value is -1.52. The van der Waals surface area contributed by atoms with Gasteiger partial charge in [0.1, 0.15) is 11.5 Å². The van der Waals surface area contributed by atoms with Gasteiger partial charge in [0.2, 0.25) is 0 Å². The third kappa shape index (κ3) is 3.28. The van der Waals surface area contributed by atoms with E-state index in [1.165, 1.54) is 6.92 Å². The molecule has 2 N–H and O–H groups in total. The molecule has 0 atom stereocenters. The summed E-state index contributed by atoms with van der Waals surface area (Å²) in [5.74, 6) is 1.06. The van der Waals surface area contributed by atoms with Crippen LogP contribution in [0.2, 0.25) is 5.02 Å². The summed E-state index contributed by atoms with van der Waals surface area (Å²) in [6, 6.07) is 10.1. The molecular formula is C14H11BrClNO2. The largest absolute Gasteiger partial charge is 0.454 e. The van der Waals surface area contributed by atoms with Crippen molar-refractivity contribution in [1.82, 2.24) is 0 Å². The Morgan fingerprint density at radius 3 is 2.47 bits per heavy atom. The maximum absolute atomic E-state index is 11.2. The zero-order valence-electron chi connectivity index (χ0n) is 10.1. The van der Waals surface area contributed by atoms with Crippen molar-refractivity contribution in [1.29, 1.82) is 0 Å². The highest BCUT2D eigenvalue weighted by Gasteiger charge is 2.08. The van der Waals surface area contributed by atoms with Crippen LogP contribution in [-0.2, 0) is 0 Å². The van der Waals surface area contributed by atoms with Crippen molar-refractivity contribution in [2.75, 3.05) is 5.73 Å². The predicted octanol–water partition coefficient (Wildman–Crippen LogP) is 4.68. The van der Waals surface area contributed by atoms with Crippen LogP contribution in [-0.4, -0.2) is 5.78 Å². The van der Waals surface area contributed by atoms with Gasteiger partial charge in [0.05, 0.1) is 10.2 Å². The van der Waals surface area contributed by atoms with Gasteiger partial charge in [-0.2, -0.15) is 0 Å². The first-order chi connectivity index (χ1) is 8.97. The molecule has 0 aliphatic carbocycles. The summed E-state index contributed by atoms with van der Waals surface area (Å²) in [6.07, 6.45) is 0. The van der Waals surface area contributed by atoms with Crippen molar-refractivity contribution >= 4 is 39.0 Å². The van der Waals surface area contributed by atoms with Crippen LogP contribution in [0, 0.1) is 0 Å². The lowest BCUT2D eigenvalue weighted by Crippen LogP contribution is -1.97. The number of hydrogen-bond donors (Lipinski definition) is 1. The maximum Gasteiger partial charge on any atom is 0.159 e. The minimum Gasteiger partial charge on any atom is -0.454 e. The van der Waals surface area contributed by atoms with E-state index in [1.807, 2.05) is 0 Å². The highest BCUT2D eigenvalue weighted by Crippen LogP contribution is 2.34. The molecule has 0 aromatic heterocycles. The number of hydrogen-bond acceptors (Lipinski definition) is 3. The molecule has 2 aromatic carbocycles. The first kappa shape index (κ1) is 13.9. The molecule has 5 heteroatoms. The van der Waals surface area contributed by atoms with Crippen molar-refractivity contribution < 1.29 is 9.53 Å². The van der Waals surface area contributed by atoms with Gasteiger partial charge in [-0.15, -0.1) is 0 Å². The molecule has 0 aliphatic heterocycles. The number of carbonyl (C=O) groups is 1. The van der Waals surface area contributed by atoms with E-state index in [1.54, 1.807) is 36.4 Å². The third-order valence-corrected chi connectivity index (χ3v) is 3.38. The van der Waals surface area contributed by atoms with E-state index in [9.17, 15) is 4.79 Å². The quantitative estimate of drug-likeness (QED) is 0.652. The molecule has 0 amide bonds. The van der Waals surface area contributed by atoms with Crippen molar-refractivity contribution in [2.24, 2.45) is 0 Å². The topological polar surface area (TPSA) is 52.3 Å². The number of Topliss-reactive ketones (excluding diaryl/α,β-unsaturated/α-hetero) is 1. The number of nitrogens with two attached hydrogens (primary N) is 1. The predicted molar refractivity (Wildman–Crippen MR) is 80.1 cm³/mol. The molecule has 0 spiro atoms. The van der Waals surface area contributed by atoms with Crippen LogP contribution >= 0.6 is 27.5 Å². The second-order valence-corrected chi connectivity index (χ2v) is 5.28. The van der Waals surface area contributed by atoms with E-state index < -0.39 is 0 Å². The van der Waals surface area contributed by atoms with Gasteiger partial charge in [0.15, 0.2) is 5.78 Å². The van der Waals surface area contributed by atoms with Crippen LogP contribution < -0.4 is 10.5 Å². The van der Waals surface area contributed by atoms with Gasteiger partial charge in [-0.05, 0) is 59.3 Å². The Balaban J connectivity index is 2.31. The SMILES string of the molecule is CC(=O)c1ccc(Oc2ccc(Cl)cc2Br)c(N)c1. The molecule has 0 bridgehead atoms. The van der Waals surface area contributed by atoms with Crippen LogP contribution in [0.4, 0.5) is 5.69 Å². The van der Waals surface area contributed by atoms with Gasteiger partial charge in [-0.1, -0.05) is 11.6 Å². The number of carbonyl (C=O) groups excluding carboxylic acids is 1. The number of halogens is 2. The monoisotopic (exact) mass is 339 g/mol. The molecular weight excluding hydrogens is 330 g/mol. The lowest BCUT2D eigenvalue weighted by Gasteiger charge is -2.11. The average molecular weight is 341 g/mol. The number of benzene rings is 2. The van der Waals surface area contributed by atoms with Crippen molar-refractivity contribution in [3.8, 4) is 11.5 Å². The molecule has 0 unspecified atom stereocenters. The normalized spacial score (nSPS) is 10.3. The van der Waals surface area contributed by atoms with Gasteiger partial charge in [-0.3, -0.25) is 4.79 Å². The van der Waals surface area contributed by atoms with Crippen molar-refractivity contribution in [2.45, 2.75) is 6.92 Å². The number of nitrogen functional groups attached to an aromatic ring is 1. The zero-order valence-corrected chi connectivity index (χ0v) is 12.5. The molecule has 0 saturated carbocycles. The molecule has 0 heterocycles. The fourth-order valence-electron chi connectivity index (χ4n) is 1.54. The van der Waals surface area contributed by atoms with E-state index in [0.717, 1.165) is 4.47 Å². The van der Waals surface area contributed by atoms with Gasteiger partial charge >= 0.3 is 0 Å². The smallest absolute Gasteiger partial charge is 0.159 e. The lowest BCUT2D eigenvalue weighted by atomic mass is 10.1. The van der Waals surface area contributed by atoms with Crippen molar-refractivity contribution in [3.05, 3.63) is 51.5 Å². The Kier molecular flexibility index (Phi) is 4.12. The highest BCUT2D eigenvalue weighted by molar-refractivity contribution is 9.10. The van der Waals surface area contributed by atoms with E-state index in [4.69, 9.17) is 22.1 Å². The Bertz CT molecular complexity index is 643. The summed E-state index contributed by atoms with van der Waals surface area (Å²) in [5, 5.41) is 0.610. The summed E-state index contributed by atoms with van der Waals surface area (Å²) >= 11 is 9.22. The van der Waals surface area contributed by atoms with Crippen LogP contribution in [0.1, 0.15) is 17.3 Å². The fourth-order valence-corrected chi connectivity index (χ4v) is 2.30. The minimum atomic E-state index is -0.0362. The Morgan fingerprint density at radius 1 is 1.21 bits per heavy atom. The number of rotatable bonds is 3. The Labute approximate surface area is 124 Å². The van der Waals surface area contributed by atoms with E-state index in [-0.39, 0.29) is 5.78 Å². The van der Waals surface area contributed by atoms with E-state index in [0.29, 0.717) is 27.8 Å². The molecule has 2 aromatic rings. The zero-order chi connectivity index (χ0) is 14.0. The van der Waals surface area contributed by atoms with Gasteiger partial charge < -0.3 is 10.5 Å². The summed E-state index contributed by atoms with van der Waals surface area (Å²) in [7, 11) is 0. The van der Waals surface area contributed by atoms with Gasteiger partial charge in [-0.25, -0.2) is 0 Å². The molecule has 3 nitrogen and oxygen atoms in total. The first-order valence-electron chi connectivity index (χ1n) is 5.51. The molecule has 19 heavy (non-hydrogen) atoms. The van der Waals surface area contributed by atoms with Crippen LogP contribution in [0.5, 0.6) is 11.5 Å².